The molecule has 0 bridgehead atoms. The van der Waals surface area contributed by atoms with Gasteiger partial charge >= 0.3 is 5.97 Å². The van der Waals surface area contributed by atoms with Crippen molar-refractivity contribution in [2.45, 2.75) is 26.7 Å². The van der Waals surface area contributed by atoms with Crippen molar-refractivity contribution in [2.24, 2.45) is 0 Å². The van der Waals surface area contributed by atoms with E-state index in [9.17, 15) is 4.79 Å². The maximum absolute atomic E-state index is 10.8. The molecule has 0 fully saturated rings. The van der Waals surface area contributed by atoms with Gasteiger partial charge in [-0.2, -0.15) is 0 Å². The molecule has 0 unspecified atom stereocenters. The molecule has 0 aromatic heterocycles. The van der Waals surface area contributed by atoms with E-state index in [4.69, 9.17) is 4.74 Å². The Bertz CT molecular complexity index is 410. The molecule has 0 amide bonds. The second kappa shape index (κ2) is 7.28. The van der Waals surface area contributed by atoms with Crippen molar-refractivity contribution in [3.05, 3.63) is 39.9 Å². The summed E-state index contributed by atoms with van der Waals surface area (Å²) in [5, 5.41) is 0. The third-order valence-corrected chi connectivity index (χ3v) is 3.02. The molecular formula is C14H17BrO2. The first-order valence-corrected chi connectivity index (χ1v) is 6.50. The number of carbonyl (C=O) groups is 1. The quantitative estimate of drug-likeness (QED) is 0.761. The highest BCUT2D eigenvalue weighted by molar-refractivity contribution is 9.10. The lowest BCUT2D eigenvalue weighted by molar-refractivity contribution is -0.140. The average Bonchev–Trinajstić information content (AvgIpc) is 2.29. The first-order valence-electron chi connectivity index (χ1n) is 5.70. The molecule has 0 atom stereocenters. The average molecular weight is 297 g/mol. The Morgan fingerprint density at radius 1 is 1.41 bits per heavy atom. The van der Waals surface area contributed by atoms with Gasteiger partial charge in [-0.3, -0.25) is 4.79 Å². The van der Waals surface area contributed by atoms with Crippen molar-refractivity contribution in [3.8, 4) is 0 Å². The topological polar surface area (TPSA) is 26.3 Å². The molecule has 17 heavy (non-hydrogen) atoms. The van der Waals surface area contributed by atoms with Gasteiger partial charge in [-0.25, -0.2) is 0 Å². The SMILES string of the molecule is CCCC(=Cc1ccccc1Br)COC(C)=O. The number of hydrogen-bond donors (Lipinski definition) is 0. The lowest BCUT2D eigenvalue weighted by Gasteiger charge is -2.07. The van der Waals surface area contributed by atoms with Crippen molar-refractivity contribution in [1.82, 2.24) is 0 Å². The number of carbonyl (C=O) groups excluding carboxylic acids is 1. The second-order valence-electron chi connectivity index (χ2n) is 3.85. The van der Waals surface area contributed by atoms with E-state index in [0.717, 1.165) is 28.5 Å². The first kappa shape index (κ1) is 14.0. The van der Waals surface area contributed by atoms with Crippen molar-refractivity contribution in [1.29, 1.82) is 0 Å². The summed E-state index contributed by atoms with van der Waals surface area (Å²) in [6.07, 6.45) is 4.06. The summed E-state index contributed by atoms with van der Waals surface area (Å²) in [4.78, 5) is 10.8. The number of hydrogen-bond acceptors (Lipinski definition) is 2. The minimum Gasteiger partial charge on any atom is -0.461 e. The molecule has 3 heteroatoms. The van der Waals surface area contributed by atoms with Crippen LogP contribution in [0.5, 0.6) is 0 Å². The van der Waals surface area contributed by atoms with E-state index in [1.54, 1.807) is 0 Å². The molecule has 1 aromatic carbocycles. The highest BCUT2D eigenvalue weighted by atomic mass is 79.9. The van der Waals surface area contributed by atoms with Crippen LogP contribution in [0.1, 0.15) is 32.3 Å². The number of ether oxygens (including phenoxy) is 1. The van der Waals surface area contributed by atoms with Gasteiger partial charge in [0, 0.05) is 11.4 Å². The highest BCUT2D eigenvalue weighted by Gasteiger charge is 2.02. The zero-order valence-electron chi connectivity index (χ0n) is 10.2. The van der Waals surface area contributed by atoms with E-state index < -0.39 is 0 Å². The van der Waals surface area contributed by atoms with E-state index in [0.29, 0.717) is 6.61 Å². The van der Waals surface area contributed by atoms with Gasteiger partial charge in [-0.05, 0) is 23.6 Å². The monoisotopic (exact) mass is 296 g/mol. The normalized spacial score (nSPS) is 11.4. The van der Waals surface area contributed by atoms with E-state index in [1.165, 1.54) is 6.92 Å². The van der Waals surface area contributed by atoms with Crippen molar-refractivity contribution in [2.75, 3.05) is 6.61 Å². The Morgan fingerprint density at radius 2 is 2.12 bits per heavy atom. The van der Waals surface area contributed by atoms with Crippen molar-refractivity contribution in [3.63, 3.8) is 0 Å². The summed E-state index contributed by atoms with van der Waals surface area (Å²) < 4.78 is 6.10. The lowest BCUT2D eigenvalue weighted by Crippen LogP contribution is -2.03. The number of benzene rings is 1. The van der Waals surface area contributed by atoms with Gasteiger partial charge in [0.1, 0.15) is 6.61 Å². The van der Waals surface area contributed by atoms with E-state index in [1.807, 2.05) is 24.3 Å². The summed E-state index contributed by atoms with van der Waals surface area (Å²) in [5.74, 6) is -0.237. The number of rotatable bonds is 5. The summed E-state index contributed by atoms with van der Waals surface area (Å²) in [5.41, 5.74) is 2.25. The Morgan fingerprint density at radius 3 is 2.71 bits per heavy atom. The van der Waals surface area contributed by atoms with Gasteiger partial charge in [0.2, 0.25) is 0 Å². The Kier molecular flexibility index (Phi) is 5.98. The van der Waals surface area contributed by atoms with Gasteiger partial charge in [0.05, 0.1) is 0 Å². The molecule has 0 N–H and O–H groups in total. The third-order valence-electron chi connectivity index (χ3n) is 2.30. The van der Waals surface area contributed by atoms with Crippen LogP contribution in [0.15, 0.2) is 34.3 Å². The lowest BCUT2D eigenvalue weighted by atomic mass is 10.1. The van der Waals surface area contributed by atoms with Crippen LogP contribution in [0.3, 0.4) is 0 Å². The third kappa shape index (κ3) is 5.18. The van der Waals surface area contributed by atoms with Gasteiger partial charge in [0.15, 0.2) is 0 Å². The molecule has 1 rings (SSSR count). The summed E-state index contributed by atoms with van der Waals surface area (Å²) in [6.45, 7) is 3.92. The molecular weight excluding hydrogens is 280 g/mol. The number of esters is 1. The Labute approximate surface area is 111 Å². The Balaban J connectivity index is 2.82. The van der Waals surface area contributed by atoms with Crippen LogP contribution in [-0.2, 0) is 9.53 Å². The first-order chi connectivity index (χ1) is 8.13. The highest BCUT2D eigenvalue weighted by Crippen LogP contribution is 2.20. The molecule has 0 saturated heterocycles. The fourth-order valence-electron chi connectivity index (χ4n) is 1.51. The minimum absolute atomic E-state index is 0.237. The standard InChI is InChI=1S/C14H17BrO2/c1-3-6-12(10-17-11(2)16)9-13-7-4-5-8-14(13)15/h4-5,7-9H,3,6,10H2,1-2H3. The van der Waals surface area contributed by atoms with Gasteiger partial charge in [-0.15, -0.1) is 0 Å². The zero-order valence-corrected chi connectivity index (χ0v) is 11.8. The van der Waals surface area contributed by atoms with Crippen LogP contribution in [0.25, 0.3) is 6.08 Å². The maximum Gasteiger partial charge on any atom is 0.302 e. The molecule has 1 aromatic rings. The van der Waals surface area contributed by atoms with Crippen LogP contribution in [0.2, 0.25) is 0 Å². The molecule has 92 valence electrons. The van der Waals surface area contributed by atoms with Crippen LogP contribution in [0.4, 0.5) is 0 Å². The smallest absolute Gasteiger partial charge is 0.302 e. The van der Waals surface area contributed by atoms with Crippen LogP contribution < -0.4 is 0 Å². The van der Waals surface area contributed by atoms with E-state index in [2.05, 4.69) is 28.9 Å². The predicted molar refractivity (Wildman–Crippen MR) is 73.7 cm³/mol. The molecule has 0 aliphatic carbocycles. The zero-order chi connectivity index (χ0) is 12.7. The summed E-state index contributed by atoms with van der Waals surface area (Å²) in [6, 6.07) is 8.01. The van der Waals surface area contributed by atoms with Crippen LogP contribution in [0, 0.1) is 0 Å². The van der Waals surface area contributed by atoms with E-state index in [-0.39, 0.29) is 5.97 Å². The van der Waals surface area contributed by atoms with Gasteiger partial charge in [0.25, 0.3) is 0 Å². The molecule has 0 saturated carbocycles. The fraction of sp³-hybridized carbons (Fsp3) is 0.357. The van der Waals surface area contributed by atoms with E-state index >= 15 is 0 Å². The van der Waals surface area contributed by atoms with Crippen LogP contribution >= 0.6 is 15.9 Å². The minimum atomic E-state index is -0.237. The fourth-order valence-corrected chi connectivity index (χ4v) is 1.91. The van der Waals surface area contributed by atoms with Crippen molar-refractivity contribution >= 4 is 28.0 Å². The maximum atomic E-state index is 10.8. The molecule has 0 aliphatic rings. The molecule has 0 spiro atoms. The summed E-state index contributed by atoms with van der Waals surface area (Å²) in [7, 11) is 0. The van der Waals surface area contributed by atoms with Crippen molar-refractivity contribution < 1.29 is 9.53 Å². The second-order valence-corrected chi connectivity index (χ2v) is 4.71. The Hall–Kier alpha value is -1.09. The summed E-state index contributed by atoms with van der Waals surface area (Å²) >= 11 is 3.50. The van der Waals surface area contributed by atoms with Gasteiger partial charge in [-0.1, -0.05) is 53.5 Å². The largest absolute Gasteiger partial charge is 0.461 e. The number of halogens is 1. The predicted octanol–water partition coefficient (Wildman–Crippen LogP) is 4.20. The molecule has 0 radical (unpaired) electrons. The molecule has 0 aliphatic heterocycles. The van der Waals surface area contributed by atoms with Gasteiger partial charge < -0.3 is 4.74 Å². The molecule has 2 nitrogen and oxygen atoms in total. The molecule has 0 heterocycles. The van der Waals surface area contributed by atoms with Crippen LogP contribution in [-0.4, -0.2) is 12.6 Å².